The van der Waals surface area contributed by atoms with Crippen molar-refractivity contribution >= 4 is 11.9 Å². The number of hydrogen-bond donors (Lipinski definition) is 0. The second-order valence-electron chi connectivity index (χ2n) is 5.69. The van der Waals surface area contributed by atoms with Crippen LogP contribution in [-0.4, -0.2) is 54.5 Å². The molecule has 18 heavy (non-hydrogen) atoms. The lowest BCUT2D eigenvalue weighted by Gasteiger charge is -2.30. The fourth-order valence-corrected chi connectivity index (χ4v) is 1.68. The second kappa shape index (κ2) is 5.42. The van der Waals surface area contributed by atoms with Gasteiger partial charge in [-0.2, -0.15) is 0 Å². The third kappa shape index (κ3) is 4.39. The summed E-state index contributed by atoms with van der Waals surface area (Å²) in [6.07, 6.45) is 1.76. The SMILES string of the molecule is CN(C)/C=C1/CN(C(=O)OC(C)(C)C)CCC1=O. The van der Waals surface area contributed by atoms with Gasteiger partial charge < -0.3 is 14.5 Å². The van der Waals surface area contributed by atoms with Crippen molar-refractivity contribution < 1.29 is 14.3 Å². The fourth-order valence-electron chi connectivity index (χ4n) is 1.68. The lowest BCUT2D eigenvalue weighted by atomic mass is 10.0. The van der Waals surface area contributed by atoms with Gasteiger partial charge in [-0.25, -0.2) is 4.79 Å². The van der Waals surface area contributed by atoms with Crippen LogP contribution in [-0.2, 0) is 9.53 Å². The van der Waals surface area contributed by atoms with Gasteiger partial charge in [0, 0.05) is 38.8 Å². The summed E-state index contributed by atoms with van der Waals surface area (Å²) < 4.78 is 5.30. The number of carbonyl (C=O) groups excluding carboxylic acids is 2. The summed E-state index contributed by atoms with van der Waals surface area (Å²) in [6, 6.07) is 0. The lowest BCUT2D eigenvalue weighted by Crippen LogP contribution is -2.43. The summed E-state index contributed by atoms with van der Waals surface area (Å²) in [5.41, 5.74) is 0.140. The van der Waals surface area contributed by atoms with Gasteiger partial charge in [0.1, 0.15) is 5.60 Å². The Bertz CT molecular complexity index is 367. The van der Waals surface area contributed by atoms with Crippen LogP contribution in [0.1, 0.15) is 27.2 Å². The minimum absolute atomic E-state index is 0.100. The van der Waals surface area contributed by atoms with Gasteiger partial charge in [0.25, 0.3) is 0 Å². The summed E-state index contributed by atoms with van der Waals surface area (Å²) in [5, 5.41) is 0. The smallest absolute Gasteiger partial charge is 0.410 e. The van der Waals surface area contributed by atoms with Crippen LogP contribution < -0.4 is 0 Å². The predicted octanol–water partition coefficient (Wildman–Crippen LogP) is 1.64. The molecule has 0 aliphatic carbocycles. The Kier molecular flexibility index (Phi) is 4.38. The maximum Gasteiger partial charge on any atom is 0.410 e. The lowest BCUT2D eigenvalue weighted by molar-refractivity contribution is -0.117. The Morgan fingerprint density at radius 1 is 1.39 bits per heavy atom. The number of amides is 1. The zero-order valence-electron chi connectivity index (χ0n) is 11.8. The molecule has 1 amide bonds. The van der Waals surface area contributed by atoms with E-state index in [-0.39, 0.29) is 11.9 Å². The van der Waals surface area contributed by atoms with E-state index in [4.69, 9.17) is 4.74 Å². The molecule has 0 N–H and O–H groups in total. The largest absolute Gasteiger partial charge is 0.444 e. The first-order chi connectivity index (χ1) is 8.19. The van der Waals surface area contributed by atoms with Gasteiger partial charge in [-0.1, -0.05) is 0 Å². The van der Waals surface area contributed by atoms with Crippen molar-refractivity contribution in [2.75, 3.05) is 27.2 Å². The number of likely N-dealkylation sites (tertiary alicyclic amines) is 1. The molecule has 0 aromatic heterocycles. The predicted molar refractivity (Wildman–Crippen MR) is 69.2 cm³/mol. The van der Waals surface area contributed by atoms with E-state index in [0.29, 0.717) is 25.1 Å². The zero-order chi connectivity index (χ0) is 13.9. The van der Waals surface area contributed by atoms with Crippen LogP contribution in [0.25, 0.3) is 0 Å². The van der Waals surface area contributed by atoms with E-state index in [1.54, 1.807) is 11.1 Å². The maximum absolute atomic E-state index is 11.9. The first kappa shape index (κ1) is 14.5. The minimum Gasteiger partial charge on any atom is -0.444 e. The molecule has 1 fully saturated rings. The molecule has 0 spiro atoms. The number of nitrogens with zero attached hydrogens (tertiary/aromatic N) is 2. The van der Waals surface area contributed by atoms with Crippen LogP contribution >= 0.6 is 0 Å². The number of ketones is 1. The molecule has 5 nitrogen and oxygen atoms in total. The Morgan fingerprint density at radius 3 is 2.50 bits per heavy atom. The van der Waals surface area contributed by atoms with Gasteiger partial charge in [0.2, 0.25) is 0 Å². The monoisotopic (exact) mass is 254 g/mol. The number of piperidine rings is 1. The van der Waals surface area contributed by atoms with Crippen molar-refractivity contribution in [3.05, 3.63) is 11.8 Å². The average Bonchev–Trinajstić information content (AvgIpc) is 2.17. The summed E-state index contributed by atoms with van der Waals surface area (Å²) >= 11 is 0. The van der Waals surface area contributed by atoms with Crippen LogP contribution in [0.3, 0.4) is 0 Å². The first-order valence-corrected chi connectivity index (χ1v) is 6.07. The van der Waals surface area contributed by atoms with Gasteiger partial charge in [-0.3, -0.25) is 4.79 Å². The van der Waals surface area contributed by atoms with E-state index in [9.17, 15) is 9.59 Å². The number of hydrogen-bond acceptors (Lipinski definition) is 4. The number of carbonyl (C=O) groups is 2. The third-order valence-corrected chi connectivity index (χ3v) is 2.39. The molecule has 1 aliphatic heterocycles. The van der Waals surface area contributed by atoms with E-state index in [2.05, 4.69) is 0 Å². The van der Waals surface area contributed by atoms with E-state index in [0.717, 1.165) is 0 Å². The van der Waals surface area contributed by atoms with E-state index in [1.807, 2.05) is 39.8 Å². The molecule has 0 bridgehead atoms. The molecule has 1 heterocycles. The summed E-state index contributed by atoms with van der Waals surface area (Å²) in [4.78, 5) is 27.0. The molecular formula is C13H22N2O3. The Balaban J connectivity index is 2.70. The molecule has 1 aliphatic rings. The van der Waals surface area contributed by atoms with Crippen molar-refractivity contribution in [2.45, 2.75) is 32.8 Å². The first-order valence-electron chi connectivity index (χ1n) is 6.07. The van der Waals surface area contributed by atoms with Crippen molar-refractivity contribution in [3.63, 3.8) is 0 Å². The van der Waals surface area contributed by atoms with Crippen molar-refractivity contribution in [1.82, 2.24) is 9.80 Å². The number of rotatable bonds is 1. The molecule has 0 saturated carbocycles. The van der Waals surface area contributed by atoms with E-state index >= 15 is 0 Å². The van der Waals surface area contributed by atoms with Crippen LogP contribution in [0.2, 0.25) is 0 Å². The normalized spacial score (nSPS) is 19.1. The molecule has 1 saturated heterocycles. The standard InChI is InChI=1S/C13H22N2O3/c1-13(2,3)18-12(17)15-7-6-11(16)10(9-15)8-14(4)5/h8H,6-7,9H2,1-5H3/b10-8-. The third-order valence-electron chi connectivity index (χ3n) is 2.39. The van der Waals surface area contributed by atoms with Crippen LogP contribution in [0, 0.1) is 0 Å². The highest BCUT2D eigenvalue weighted by Gasteiger charge is 2.28. The van der Waals surface area contributed by atoms with Gasteiger partial charge >= 0.3 is 6.09 Å². The van der Waals surface area contributed by atoms with E-state index in [1.165, 1.54) is 0 Å². The zero-order valence-corrected chi connectivity index (χ0v) is 11.8. The number of ether oxygens (including phenoxy) is 1. The summed E-state index contributed by atoms with van der Waals surface area (Å²) in [6.45, 7) is 6.24. The molecule has 5 heteroatoms. The molecule has 0 atom stereocenters. The summed E-state index contributed by atoms with van der Waals surface area (Å²) in [5.74, 6) is 0.100. The van der Waals surface area contributed by atoms with Crippen LogP contribution in [0.15, 0.2) is 11.8 Å². The van der Waals surface area contributed by atoms with Crippen molar-refractivity contribution in [3.8, 4) is 0 Å². The van der Waals surface area contributed by atoms with Crippen molar-refractivity contribution in [1.29, 1.82) is 0 Å². The van der Waals surface area contributed by atoms with Crippen LogP contribution in [0.4, 0.5) is 4.79 Å². The average molecular weight is 254 g/mol. The van der Waals surface area contributed by atoms with Gasteiger partial charge in [-0.15, -0.1) is 0 Å². The Hall–Kier alpha value is -1.52. The molecule has 0 unspecified atom stereocenters. The maximum atomic E-state index is 11.9. The van der Waals surface area contributed by atoms with Gasteiger partial charge in [0.05, 0.1) is 6.54 Å². The second-order valence-corrected chi connectivity index (χ2v) is 5.69. The molecule has 0 aromatic carbocycles. The highest BCUT2D eigenvalue weighted by molar-refractivity contribution is 5.97. The number of Topliss-reactive ketones (excluding diaryl/α,β-unsaturated/α-hetero) is 1. The van der Waals surface area contributed by atoms with Crippen LogP contribution in [0.5, 0.6) is 0 Å². The molecular weight excluding hydrogens is 232 g/mol. The summed E-state index contributed by atoms with van der Waals surface area (Å²) in [7, 11) is 3.71. The molecule has 0 radical (unpaired) electrons. The Labute approximate surface area is 108 Å². The minimum atomic E-state index is -0.510. The molecule has 102 valence electrons. The van der Waals surface area contributed by atoms with Crippen molar-refractivity contribution in [2.24, 2.45) is 0 Å². The quantitative estimate of drug-likeness (QED) is 0.667. The molecule has 1 rings (SSSR count). The Morgan fingerprint density at radius 2 is 2.00 bits per heavy atom. The van der Waals surface area contributed by atoms with Gasteiger partial charge in [-0.05, 0) is 20.8 Å². The fraction of sp³-hybridized carbons (Fsp3) is 0.692. The topological polar surface area (TPSA) is 49.9 Å². The highest BCUT2D eigenvalue weighted by atomic mass is 16.6. The highest BCUT2D eigenvalue weighted by Crippen LogP contribution is 2.16. The van der Waals surface area contributed by atoms with Gasteiger partial charge in [0.15, 0.2) is 5.78 Å². The van der Waals surface area contributed by atoms with E-state index < -0.39 is 5.60 Å². The molecule has 0 aromatic rings.